The molecule has 15 heavy (non-hydrogen) atoms. The Bertz CT molecular complexity index is 243. The zero-order valence-electron chi connectivity index (χ0n) is 7.33. The van der Waals surface area contributed by atoms with Gasteiger partial charge in [-0.3, -0.25) is 0 Å². The molecule has 0 aliphatic carbocycles. The van der Waals surface area contributed by atoms with Gasteiger partial charge in [0.1, 0.15) is 0 Å². The third kappa shape index (κ3) is 4.87. The van der Waals surface area contributed by atoms with E-state index in [1.165, 1.54) is 0 Å². The Morgan fingerprint density at radius 1 is 1.07 bits per heavy atom. The molecule has 0 aliphatic rings. The SMILES string of the molecule is O=CC(O)C(O)C(O)C(C=O)[O][Sb](=[O])[OH]. The first-order valence-electron chi connectivity index (χ1n) is 3.71. The Kier molecular flexibility index (Phi) is 6.99. The molecule has 0 rings (SSSR count). The monoisotopic (exact) mass is 331 g/mol. The van der Waals surface area contributed by atoms with Crippen molar-refractivity contribution in [2.75, 3.05) is 0 Å². The van der Waals surface area contributed by atoms with Gasteiger partial charge in [0.05, 0.1) is 0 Å². The van der Waals surface area contributed by atoms with Gasteiger partial charge < -0.3 is 0 Å². The van der Waals surface area contributed by atoms with Crippen molar-refractivity contribution in [2.45, 2.75) is 24.4 Å². The predicted octanol–water partition coefficient (Wildman–Crippen LogP) is -3.74. The summed E-state index contributed by atoms with van der Waals surface area (Å²) in [6, 6.07) is 0. The number of hydrogen-bond donors (Lipinski definition) is 4. The van der Waals surface area contributed by atoms with Crippen molar-refractivity contribution in [1.82, 2.24) is 0 Å². The second-order valence-electron chi connectivity index (χ2n) is 2.55. The van der Waals surface area contributed by atoms with Gasteiger partial charge >= 0.3 is 92.4 Å². The standard InChI is InChI=1S/C6H9O6.H2O.O.Sb/c7-1-3(9)5(11)6(12)4(10)2-8;;;/h1-6,9,11-12H;1H2;;/q-1;;;+2/p-1. The maximum atomic E-state index is 10.3. The summed E-state index contributed by atoms with van der Waals surface area (Å²) < 4.78 is 22.9. The molecule has 1 radical (unpaired) electrons. The molecule has 4 N–H and O–H groups in total. The summed E-state index contributed by atoms with van der Waals surface area (Å²) in [7, 11) is 0. The number of aliphatic hydroxyl groups is 3. The van der Waals surface area contributed by atoms with Crippen molar-refractivity contribution in [1.29, 1.82) is 0 Å². The van der Waals surface area contributed by atoms with Crippen molar-refractivity contribution < 1.29 is 34.3 Å². The molecule has 0 spiro atoms. The van der Waals surface area contributed by atoms with Crippen LogP contribution in [0.2, 0.25) is 0 Å². The van der Waals surface area contributed by atoms with Crippen LogP contribution >= 0.6 is 0 Å². The first-order chi connectivity index (χ1) is 6.93. The molecule has 0 aliphatic heterocycles. The number of rotatable bonds is 7. The van der Waals surface area contributed by atoms with Gasteiger partial charge in [0.15, 0.2) is 0 Å². The maximum absolute atomic E-state index is 10.3. The summed E-state index contributed by atoms with van der Waals surface area (Å²) >= 11 is -4.20. The average Bonchev–Trinajstić information content (AvgIpc) is 2.22. The van der Waals surface area contributed by atoms with Crippen molar-refractivity contribution in [2.24, 2.45) is 0 Å². The summed E-state index contributed by atoms with van der Waals surface area (Å²) in [6.45, 7) is 0. The minimum atomic E-state index is -4.20. The Hall–Kier alpha value is -0.242. The van der Waals surface area contributed by atoms with Gasteiger partial charge in [0.2, 0.25) is 0 Å². The van der Waals surface area contributed by atoms with E-state index in [4.69, 9.17) is 13.6 Å². The minimum absolute atomic E-state index is 0.00324. The number of carbonyl (C=O) groups excluding carboxylic acids is 2. The zero-order chi connectivity index (χ0) is 12.0. The number of aliphatic hydroxyl groups excluding tert-OH is 3. The van der Waals surface area contributed by atoms with Crippen LogP contribution in [0.1, 0.15) is 0 Å². The number of carbonyl (C=O) groups is 2. The van der Waals surface area contributed by atoms with Crippen LogP contribution in [-0.2, 0) is 15.6 Å². The van der Waals surface area contributed by atoms with Crippen molar-refractivity contribution in [3.63, 3.8) is 0 Å². The van der Waals surface area contributed by atoms with Crippen LogP contribution in [0.5, 0.6) is 0 Å². The molecule has 0 amide bonds. The van der Waals surface area contributed by atoms with Crippen molar-refractivity contribution >= 4 is 33.6 Å². The van der Waals surface area contributed by atoms with E-state index in [2.05, 4.69) is 3.02 Å². The Morgan fingerprint density at radius 3 is 1.93 bits per heavy atom. The molecule has 4 atom stereocenters. The van der Waals surface area contributed by atoms with Crippen LogP contribution in [0.4, 0.5) is 0 Å². The summed E-state index contributed by atoms with van der Waals surface area (Å²) in [4.78, 5) is 20.3. The first kappa shape index (κ1) is 14.8. The van der Waals surface area contributed by atoms with Crippen LogP contribution in [-0.4, -0.2) is 76.7 Å². The molecular weight excluding hydrogens is 322 g/mol. The van der Waals surface area contributed by atoms with Gasteiger partial charge in [-0.1, -0.05) is 0 Å². The predicted molar refractivity (Wildman–Crippen MR) is 43.7 cm³/mol. The van der Waals surface area contributed by atoms with Crippen LogP contribution in [0.15, 0.2) is 0 Å². The Morgan fingerprint density at radius 2 is 1.60 bits per heavy atom. The van der Waals surface area contributed by atoms with E-state index < -0.39 is 45.5 Å². The molecule has 0 saturated heterocycles. The summed E-state index contributed by atoms with van der Waals surface area (Å²) in [5.41, 5.74) is 0. The normalized spacial score (nSPS) is 18.7. The second-order valence-corrected chi connectivity index (χ2v) is 4.51. The van der Waals surface area contributed by atoms with Gasteiger partial charge in [0.25, 0.3) is 0 Å². The topological polar surface area (TPSA) is 141 Å². The second kappa shape index (κ2) is 7.10. The molecule has 8 nitrogen and oxygen atoms in total. The number of aldehydes is 2. The molecular formula is C6H10O8Sb. The van der Waals surface area contributed by atoms with Gasteiger partial charge in [-0.05, 0) is 0 Å². The molecule has 0 aromatic heterocycles. The van der Waals surface area contributed by atoms with Crippen LogP contribution in [0.25, 0.3) is 0 Å². The number of hydrogen-bond acceptors (Lipinski definition) is 7. The van der Waals surface area contributed by atoms with E-state index in [-0.39, 0.29) is 12.6 Å². The van der Waals surface area contributed by atoms with E-state index in [0.29, 0.717) is 0 Å². The summed E-state index contributed by atoms with van der Waals surface area (Å²) in [5, 5.41) is 27.0. The van der Waals surface area contributed by atoms with Crippen LogP contribution < -0.4 is 0 Å². The Labute approximate surface area is 92.6 Å². The van der Waals surface area contributed by atoms with Gasteiger partial charge in [-0.25, -0.2) is 0 Å². The molecule has 0 heterocycles. The third-order valence-electron chi connectivity index (χ3n) is 1.52. The molecule has 0 saturated carbocycles. The van der Waals surface area contributed by atoms with Crippen molar-refractivity contribution in [3.8, 4) is 0 Å². The van der Waals surface area contributed by atoms with Gasteiger partial charge in [0, 0.05) is 0 Å². The Balaban J connectivity index is 4.49. The van der Waals surface area contributed by atoms with Gasteiger partial charge in [-0.2, -0.15) is 0 Å². The van der Waals surface area contributed by atoms with E-state index in [1.54, 1.807) is 0 Å². The van der Waals surface area contributed by atoms with Gasteiger partial charge in [-0.15, -0.1) is 0 Å². The van der Waals surface area contributed by atoms with Crippen molar-refractivity contribution in [3.05, 3.63) is 0 Å². The average molecular weight is 332 g/mol. The molecule has 0 fully saturated rings. The first-order valence-corrected chi connectivity index (χ1v) is 6.94. The van der Waals surface area contributed by atoms with E-state index in [0.717, 1.165) is 0 Å². The summed E-state index contributed by atoms with van der Waals surface area (Å²) in [6.07, 6.45) is -7.61. The zero-order valence-corrected chi connectivity index (χ0v) is 9.89. The van der Waals surface area contributed by atoms with E-state index in [1.807, 2.05) is 0 Å². The molecule has 9 heteroatoms. The molecule has 87 valence electrons. The van der Waals surface area contributed by atoms with Crippen LogP contribution in [0.3, 0.4) is 0 Å². The fourth-order valence-electron chi connectivity index (χ4n) is 0.749. The molecule has 0 bridgehead atoms. The molecule has 4 unspecified atom stereocenters. The van der Waals surface area contributed by atoms with Crippen LogP contribution in [0, 0.1) is 0 Å². The fourth-order valence-corrected chi connectivity index (χ4v) is 1.84. The third-order valence-corrected chi connectivity index (χ3v) is 2.73. The van der Waals surface area contributed by atoms with E-state index >= 15 is 0 Å². The fraction of sp³-hybridized carbons (Fsp3) is 0.667. The molecule has 0 aromatic carbocycles. The quantitative estimate of drug-likeness (QED) is 0.275. The van der Waals surface area contributed by atoms with E-state index in [9.17, 15) is 17.7 Å². The summed E-state index contributed by atoms with van der Waals surface area (Å²) in [5.74, 6) is 0. The molecule has 0 aromatic rings.